The Kier molecular flexibility index (Phi) is 7.26. The maximum absolute atomic E-state index is 11.9. The summed E-state index contributed by atoms with van der Waals surface area (Å²) in [6.45, 7) is 5.96. The van der Waals surface area contributed by atoms with Crippen LogP contribution >= 0.6 is 0 Å². The van der Waals surface area contributed by atoms with Gasteiger partial charge in [-0.1, -0.05) is 31.2 Å². The summed E-state index contributed by atoms with van der Waals surface area (Å²) in [6, 6.07) is 14.5. The molecule has 26 heavy (non-hydrogen) atoms. The van der Waals surface area contributed by atoms with E-state index in [2.05, 4.69) is 38.1 Å². The molecule has 0 saturated heterocycles. The van der Waals surface area contributed by atoms with E-state index in [1.165, 1.54) is 11.1 Å². The van der Waals surface area contributed by atoms with E-state index in [0.717, 1.165) is 29.9 Å². The van der Waals surface area contributed by atoms with Crippen molar-refractivity contribution in [1.29, 1.82) is 0 Å². The molecule has 2 rings (SSSR count). The molecule has 0 fully saturated rings. The fourth-order valence-electron chi connectivity index (χ4n) is 3.60. The molecule has 3 nitrogen and oxygen atoms in total. The van der Waals surface area contributed by atoms with Crippen molar-refractivity contribution in [3.63, 3.8) is 0 Å². The minimum atomic E-state index is 0.214. The van der Waals surface area contributed by atoms with Crippen LogP contribution in [0.25, 0.3) is 0 Å². The predicted molar refractivity (Wildman–Crippen MR) is 106 cm³/mol. The number of hydrogen-bond donors (Lipinski definition) is 0. The maximum atomic E-state index is 11.9. The van der Waals surface area contributed by atoms with E-state index in [1.807, 2.05) is 18.2 Å². The minimum Gasteiger partial charge on any atom is -0.497 e. The van der Waals surface area contributed by atoms with Crippen LogP contribution in [0.2, 0.25) is 0 Å². The second kappa shape index (κ2) is 9.42. The highest BCUT2D eigenvalue weighted by Gasteiger charge is 2.21. The van der Waals surface area contributed by atoms with Gasteiger partial charge in [-0.15, -0.1) is 0 Å². The first-order valence-electron chi connectivity index (χ1n) is 9.26. The molecule has 2 atom stereocenters. The number of ether oxygens (including phenoxy) is 2. The van der Waals surface area contributed by atoms with Gasteiger partial charge in [0.2, 0.25) is 0 Å². The first-order chi connectivity index (χ1) is 12.5. The summed E-state index contributed by atoms with van der Waals surface area (Å²) in [4.78, 5) is 11.9. The number of hydrogen-bond acceptors (Lipinski definition) is 3. The molecule has 140 valence electrons. The van der Waals surface area contributed by atoms with Crippen molar-refractivity contribution >= 4 is 5.78 Å². The van der Waals surface area contributed by atoms with E-state index < -0.39 is 0 Å². The van der Waals surface area contributed by atoms with Crippen LogP contribution in [-0.2, 0) is 4.79 Å². The van der Waals surface area contributed by atoms with Crippen molar-refractivity contribution in [2.24, 2.45) is 0 Å². The van der Waals surface area contributed by atoms with Crippen molar-refractivity contribution in [3.8, 4) is 11.5 Å². The van der Waals surface area contributed by atoms with Crippen molar-refractivity contribution in [2.45, 2.75) is 51.9 Å². The van der Waals surface area contributed by atoms with Crippen molar-refractivity contribution in [1.82, 2.24) is 0 Å². The van der Waals surface area contributed by atoms with E-state index >= 15 is 0 Å². The van der Waals surface area contributed by atoms with Crippen LogP contribution in [-0.4, -0.2) is 20.0 Å². The van der Waals surface area contributed by atoms with Gasteiger partial charge in [0.15, 0.2) is 0 Å². The van der Waals surface area contributed by atoms with Gasteiger partial charge in [0.25, 0.3) is 0 Å². The lowest BCUT2D eigenvalue weighted by Crippen LogP contribution is -2.10. The smallest absolute Gasteiger partial charge is 0.130 e. The average Bonchev–Trinajstić information content (AvgIpc) is 2.64. The van der Waals surface area contributed by atoms with Gasteiger partial charge in [-0.3, -0.25) is 0 Å². The number of methoxy groups -OCH3 is 2. The van der Waals surface area contributed by atoms with Crippen LogP contribution in [0.5, 0.6) is 11.5 Å². The van der Waals surface area contributed by atoms with E-state index in [0.29, 0.717) is 12.3 Å². The summed E-state index contributed by atoms with van der Waals surface area (Å²) >= 11 is 0. The highest BCUT2D eigenvalue weighted by molar-refractivity contribution is 5.76. The number of benzene rings is 2. The first kappa shape index (κ1) is 20.0. The number of carbonyl (C=O) groups excluding carboxylic acids is 1. The molecule has 0 radical (unpaired) electrons. The van der Waals surface area contributed by atoms with Crippen molar-refractivity contribution < 1.29 is 14.3 Å². The third-order valence-corrected chi connectivity index (χ3v) is 5.07. The van der Waals surface area contributed by atoms with Crippen LogP contribution in [0.4, 0.5) is 0 Å². The molecule has 0 N–H and O–H groups in total. The third-order valence-electron chi connectivity index (χ3n) is 5.07. The number of carbonyl (C=O) groups is 1. The molecule has 0 aromatic heterocycles. The second-order valence-corrected chi connectivity index (χ2v) is 6.95. The summed E-state index contributed by atoms with van der Waals surface area (Å²) in [5, 5.41) is 0. The lowest BCUT2D eigenvalue weighted by molar-refractivity contribution is -0.117. The molecule has 0 aliphatic carbocycles. The molecule has 0 heterocycles. The Balaban J connectivity index is 2.26. The predicted octanol–water partition coefficient (Wildman–Crippen LogP) is 5.66. The summed E-state index contributed by atoms with van der Waals surface area (Å²) in [6.07, 6.45) is 2.56. The summed E-state index contributed by atoms with van der Waals surface area (Å²) in [5.74, 6) is 2.61. The Morgan fingerprint density at radius 2 is 1.62 bits per heavy atom. The summed E-state index contributed by atoms with van der Waals surface area (Å²) < 4.78 is 10.6. The Morgan fingerprint density at radius 3 is 2.12 bits per heavy atom. The monoisotopic (exact) mass is 354 g/mol. The van der Waals surface area contributed by atoms with Crippen LogP contribution in [0.1, 0.15) is 61.6 Å². The summed E-state index contributed by atoms with van der Waals surface area (Å²) in [5.41, 5.74) is 3.66. The molecular weight excluding hydrogens is 324 g/mol. The molecule has 0 saturated carbocycles. The first-order valence-corrected chi connectivity index (χ1v) is 9.26. The molecule has 3 heteroatoms. The zero-order valence-corrected chi connectivity index (χ0v) is 16.5. The lowest BCUT2D eigenvalue weighted by Gasteiger charge is -2.24. The van der Waals surface area contributed by atoms with E-state index in [1.54, 1.807) is 21.1 Å². The fraction of sp³-hybridized carbons (Fsp3) is 0.435. The molecule has 2 aromatic rings. The number of Topliss-reactive ketones (excluding diaryl/α,β-unsaturated/α-hetero) is 1. The number of aryl methyl sites for hydroxylation is 1. The van der Waals surface area contributed by atoms with E-state index in [4.69, 9.17) is 9.47 Å². The van der Waals surface area contributed by atoms with Gasteiger partial charge in [0, 0.05) is 6.42 Å². The van der Waals surface area contributed by atoms with Crippen LogP contribution in [0, 0.1) is 6.92 Å². The van der Waals surface area contributed by atoms with Crippen LogP contribution in [0.3, 0.4) is 0 Å². The number of ketones is 1. The van der Waals surface area contributed by atoms with Gasteiger partial charge < -0.3 is 14.3 Å². The molecule has 0 spiro atoms. The normalized spacial score (nSPS) is 13.1. The van der Waals surface area contributed by atoms with Gasteiger partial charge in [0.05, 0.1) is 14.2 Å². The maximum Gasteiger partial charge on any atom is 0.130 e. The molecule has 0 amide bonds. The van der Waals surface area contributed by atoms with Gasteiger partial charge in [0.1, 0.15) is 17.3 Å². The minimum absolute atomic E-state index is 0.214. The molecule has 2 aromatic carbocycles. The Morgan fingerprint density at radius 1 is 0.962 bits per heavy atom. The average molecular weight is 354 g/mol. The molecule has 0 aliphatic rings. The van der Waals surface area contributed by atoms with Gasteiger partial charge >= 0.3 is 0 Å². The molecule has 0 aliphatic heterocycles. The van der Waals surface area contributed by atoms with Gasteiger partial charge in [-0.2, -0.15) is 0 Å². The lowest BCUT2D eigenvalue weighted by atomic mass is 9.81. The Labute approximate surface area is 157 Å². The van der Waals surface area contributed by atoms with Crippen LogP contribution in [0.15, 0.2) is 42.5 Å². The SMILES string of the molecule is CCC(CC(CC(C)=O)c1ccc(OC)cc1)c1ccc(OC)c(C)c1. The largest absolute Gasteiger partial charge is 0.497 e. The Bertz CT molecular complexity index is 719. The second-order valence-electron chi connectivity index (χ2n) is 6.95. The highest BCUT2D eigenvalue weighted by atomic mass is 16.5. The molecule has 2 unspecified atom stereocenters. The topological polar surface area (TPSA) is 35.5 Å². The molecular formula is C23H30O3. The standard InChI is InChI=1S/C23H30O3/c1-6-18(20-9-12-23(26-5)16(2)13-20)15-21(14-17(3)24)19-7-10-22(25-4)11-8-19/h7-13,18,21H,6,14-15H2,1-5H3. The van der Waals surface area contributed by atoms with E-state index in [-0.39, 0.29) is 11.7 Å². The van der Waals surface area contributed by atoms with E-state index in [9.17, 15) is 4.79 Å². The van der Waals surface area contributed by atoms with Crippen LogP contribution < -0.4 is 9.47 Å². The van der Waals surface area contributed by atoms with Gasteiger partial charge in [-0.25, -0.2) is 0 Å². The summed E-state index contributed by atoms with van der Waals surface area (Å²) in [7, 11) is 3.37. The quantitative estimate of drug-likeness (QED) is 0.583. The Hall–Kier alpha value is -2.29. The molecule has 0 bridgehead atoms. The fourth-order valence-corrected chi connectivity index (χ4v) is 3.60. The number of rotatable bonds is 9. The zero-order valence-electron chi connectivity index (χ0n) is 16.5. The van der Waals surface area contributed by atoms with Crippen molar-refractivity contribution in [3.05, 3.63) is 59.2 Å². The highest BCUT2D eigenvalue weighted by Crippen LogP contribution is 2.36. The third kappa shape index (κ3) is 5.10. The van der Waals surface area contributed by atoms with Gasteiger partial charge in [-0.05, 0) is 73.4 Å². The van der Waals surface area contributed by atoms with Crippen molar-refractivity contribution in [2.75, 3.05) is 14.2 Å². The zero-order chi connectivity index (χ0) is 19.1.